The first-order chi connectivity index (χ1) is 7.33. The van der Waals surface area contributed by atoms with E-state index in [9.17, 15) is 4.79 Å². The summed E-state index contributed by atoms with van der Waals surface area (Å²) in [5.41, 5.74) is 0. The number of carbonyl (C=O) groups is 1. The fourth-order valence-electron chi connectivity index (χ4n) is 2.64. The third-order valence-electron chi connectivity index (χ3n) is 3.44. The van der Waals surface area contributed by atoms with Crippen LogP contribution in [-0.2, 0) is 4.79 Å². The van der Waals surface area contributed by atoms with E-state index in [1.807, 2.05) is 0 Å². The molecule has 2 fully saturated rings. The normalized spacial score (nSPS) is 29.5. The second-order valence-electron chi connectivity index (χ2n) is 4.37. The molecule has 0 spiro atoms. The molecule has 0 bridgehead atoms. The van der Waals surface area contributed by atoms with Crippen LogP contribution in [0, 0.1) is 0 Å². The van der Waals surface area contributed by atoms with Gasteiger partial charge < -0.3 is 10.2 Å². The van der Waals surface area contributed by atoms with Gasteiger partial charge >= 0.3 is 0 Å². The number of hydrogen-bond donors (Lipinski definition) is 1. The Morgan fingerprint density at radius 3 is 3.07 bits per heavy atom. The van der Waals surface area contributed by atoms with Crippen molar-refractivity contribution in [2.24, 2.45) is 0 Å². The zero-order valence-corrected chi connectivity index (χ0v) is 9.54. The van der Waals surface area contributed by atoms with Crippen LogP contribution in [0.3, 0.4) is 0 Å². The topological polar surface area (TPSA) is 35.6 Å². The van der Waals surface area contributed by atoms with Crippen molar-refractivity contribution in [2.45, 2.75) is 32.4 Å². The molecule has 0 aromatic rings. The molecule has 0 radical (unpaired) electrons. The summed E-state index contributed by atoms with van der Waals surface area (Å²) in [7, 11) is 0. The predicted molar refractivity (Wildman–Crippen MR) is 59.5 cm³/mol. The fourth-order valence-corrected chi connectivity index (χ4v) is 2.64. The van der Waals surface area contributed by atoms with Crippen molar-refractivity contribution in [3.05, 3.63) is 0 Å². The van der Waals surface area contributed by atoms with E-state index in [1.165, 1.54) is 6.42 Å². The first kappa shape index (κ1) is 10.9. The maximum Gasteiger partial charge on any atom is 0.237 e. The largest absolute Gasteiger partial charge is 0.326 e. The van der Waals surface area contributed by atoms with Crippen LogP contribution in [0.1, 0.15) is 26.2 Å². The lowest BCUT2D eigenvalue weighted by Crippen LogP contribution is -2.49. The van der Waals surface area contributed by atoms with Crippen LogP contribution >= 0.6 is 0 Å². The van der Waals surface area contributed by atoms with Gasteiger partial charge in [-0.3, -0.25) is 9.69 Å². The number of rotatable bonds is 2. The summed E-state index contributed by atoms with van der Waals surface area (Å²) < 4.78 is 0. The Bertz CT molecular complexity index is 232. The van der Waals surface area contributed by atoms with Gasteiger partial charge in [0.2, 0.25) is 5.91 Å². The van der Waals surface area contributed by atoms with Crippen LogP contribution in [0.2, 0.25) is 0 Å². The molecule has 2 saturated heterocycles. The Balaban J connectivity index is 2.03. The summed E-state index contributed by atoms with van der Waals surface area (Å²) in [6.45, 7) is 6.81. The van der Waals surface area contributed by atoms with Gasteiger partial charge in [0, 0.05) is 13.1 Å². The highest BCUT2D eigenvalue weighted by Crippen LogP contribution is 2.21. The standard InChI is InChI=1S/C11H21N3O/c1-2-13-7-3-5-10(13)14-8-4-6-12-9-11(14)15/h10,12H,2-9H2,1H3. The molecule has 86 valence electrons. The fraction of sp³-hybridized carbons (Fsp3) is 0.909. The Labute approximate surface area is 91.6 Å². The van der Waals surface area contributed by atoms with Gasteiger partial charge in [-0.1, -0.05) is 6.92 Å². The molecule has 0 saturated carbocycles. The van der Waals surface area contributed by atoms with Crippen molar-refractivity contribution in [1.29, 1.82) is 0 Å². The lowest BCUT2D eigenvalue weighted by Gasteiger charge is -2.33. The van der Waals surface area contributed by atoms with Gasteiger partial charge in [0.25, 0.3) is 0 Å². The smallest absolute Gasteiger partial charge is 0.237 e. The number of nitrogens with zero attached hydrogens (tertiary/aromatic N) is 2. The van der Waals surface area contributed by atoms with Gasteiger partial charge in [-0.2, -0.15) is 0 Å². The van der Waals surface area contributed by atoms with Gasteiger partial charge in [0.05, 0.1) is 12.7 Å². The molecule has 1 N–H and O–H groups in total. The molecule has 4 nitrogen and oxygen atoms in total. The quantitative estimate of drug-likeness (QED) is 0.711. The predicted octanol–water partition coefficient (Wildman–Crippen LogP) is 0.250. The van der Waals surface area contributed by atoms with Crippen molar-refractivity contribution in [2.75, 3.05) is 32.7 Å². The summed E-state index contributed by atoms with van der Waals surface area (Å²) in [5, 5.41) is 3.17. The highest BCUT2D eigenvalue weighted by Gasteiger charge is 2.31. The number of hydrogen-bond acceptors (Lipinski definition) is 3. The molecule has 4 heteroatoms. The second-order valence-corrected chi connectivity index (χ2v) is 4.37. The zero-order valence-electron chi connectivity index (χ0n) is 9.54. The van der Waals surface area contributed by atoms with Crippen LogP contribution in [-0.4, -0.2) is 54.6 Å². The SMILES string of the molecule is CCN1CCCC1N1CCCNCC1=O. The molecule has 1 amide bonds. The average molecular weight is 211 g/mol. The molecule has 0 aliphatic carbocycles. The first-order valence-electron chi connectivity index (χ1n) is 6.07. The number of carbonyl (C=O) groups excluding carboxylic acids is 1. The lowest BCUT2D eigenvalue weighted by molar-refractivity contribution is -0.134. The van der Waals surface area contributed by atoms with Crippen molar-refractivity contribution in [3.63, 3.8) is 0 Å². The average Bonchev–Trinajstić information content (AvgIpc) is 2.61. The Morgan fingerprint density at radius 2 is 2.27 bits per heavy atom. The molecule has 15 heavy (non-hydrogen) atoms. The Hall–Kier alpha value is -0.610. The molecule has 0 aromatic heterocycles. The third kappa shape index (κ3) is 2.32. The zero-order chi connectivity index (χ0) is 10.7. The number of amides is 1. The van der Waals surface area contributed by atoms with Gasteiger partial charge in [0.15, 0.2) is 0 Å². The number of likely N-dealkylation sites (tertiary alicyclic amines) is 1. The van der Waals surface area contributed by atoms with E-state index in [1.54, 1.807) is 0 Å². The van der Waals surface area contributed by atoms with Gasteiger partial charge in [-0.05, 0) is 32.4 Å². The maximum absolute atomic E-state index is 11.9. The maximum atomic E-state index is 11.9. The van der Waals surface area contributed by atoms with Gasteiger partial charge in [-0.25, -0.2) is 0 Å². The van der Waals surface area contributed by atoms with Crippen molar-refractivity contribution in [3.8, 4) is 0 Å². The lowest BCUT2D eigenvalue weighted by atomic mass is 10.2. The first-order valence-corrected chi connectivity index (χ1v) is 6.07. The van der Waals surface area contributed by atoms with Crippen molar-refractivity contribution in [1.82, 2.24) is 15.1 Å². The third-order valence-corrected chi connectivity index (χ3v) is 3.44. The molecule has 1 unspecified atom stereocenters. The van der Waals surface area contributed by atoms with Gasteiger partial charge in [-0.15, -0.1) is 0 Å². The minimum absolute atomic E-state index is 0.276. The van der Waals surface area contributed by atoms with Crippen LogP contribution < -0.4 is 5.32 Å². The van der Waals surface area contributed by atoms with E-state index >= 15 is 0 Å². The molecule has 2 rings (SSSR count). The van der Waals surface area contributed by atoms with E-state index < -0.39 is 0 Å². The molecule has 2 aliphatic heterocycles. The molecular formula is C11H21N3O. The van der Waals surface area contributed by atoms with Crippen LogP contribution in [0.5, 0.6) is 0 Å². The van der Waals surface area contributed by atoms with Gasteiger partial charge in [0.1, 0.15) is 0 Å². The van der Waals surface area contributed by atoms with Crippen LogP contribution in [0.4, 0.5) is 0 Å². The Morgan fingerprint density at radius 1 is 1.40 bits per heavy atom. The van der Waals surface area contributed by atoms with E-state index in [2.05, 4.69) is 22.0 Å². The summed E-state index contributed by atoms with van der Waals surface area (Å²) in [5.74, 6) is 0.276. The molecule has 2 aliphatic rings. The molecule has 1 atom stereocenters. The van der Waals surface area contributed by atoms with Crippen molar-refractivity contribution < 1.29 is 4.79 Å². The van der Waals surface area contributed by atoms with E-state index in [-0.39, 0.29) is 5.91 Å². The van der Waals surface area contributed by atoms with Crippen LogP contribution in [0.15, 0.2) is 0 Å². The monoisotopic (exact) mass is 211 g/mol. The minimum atomic E-state index is 0.276. The highest BCUT2D eigenvalue weighted by atomic mass is 16.2. The summed E-state index contributed by atoms with van der Waals surface area (Å²) in [6.07, 6.45) is 3.84. The minimum Gasteiger partial charge on any atom is -0.326 e. The van der Waals surface area contributed by atoms with E-state index in [4.69, 9.17) is 0 Å². The summed E-state index contributed by atoms with van der Waals surface area (Å²) in [4.78, 5) is 16.4. The highest BCUT2D eigenvalue weighted by molar-refractivity contribution is 5.78. The molecule has 2 heterocycles. The summed E-state index contributed by atoms with van der Waals surface area (Å²) >= 11 is 0. The van der Waals surface area contributed by atoms with Crippen molar-refractivity contribution >= 4 is 5.91 Å². The number of nitrogens with one attached hydrogen (secondary N) is 1. The van der Waals surface area contributed by atoms with E-state index in [0.717, 1.165) is 39.0 Å². The molecular weight excluding hydrogens is 190 g/mol. The Kier molecular flexibility index (Phi) is 3.59. The van der Waals surface area contributed by atoms with E-state index in [0.29, 0.717) is 12.7 Å². The second kappa shape index (κ2) is 4.94. The molecule has 0 aromatic carbocycles. The summed E-state index contributed by atoms with van der Waals surface area (Å²) in [6, 6.07) is 0. The van der Waals surface area contributed by atoms with Crippen LogP contribution in [0.25, 0.3) is 0 Å².